The summed E-state index contributed by atoms with van der Waals surface area (Å²) in [6.07, 6.45) is 4.86. The van der Waals surface area contributed by atoms with Crippen molar-refractivity contribution in [1.82, 2.24) is 14.3 Å². The lowest BCUT2D eigenvalue weighted by molar-refractivity contribution is 0.0505. The first-order valence-electron chi connectivity index (χ1n) is 10.9. The number of nitrogens with zero attached hydrogens (tertiary/aromatic N) is 2. The molecule has 2 atom stereocenters. The Labute approximate surface area is 193 Å². The molecule has 0 radical (unpaired) electrons. The summed E-state index contributed by atoms with van der Waals surface area (Å²) in [6, 6.07) is 9.97. The smallest absolute Gasteiger partial charge is 0.407 e. The number of benzene rings is 1. The number of nitrogens with two attached hydrogens (primary N) is 1. The van der Waals surface area contributed by atoms with Crippen molar-refractivity contribution in [3.05, 3.63) is 48.8 Å². The number of hydrogen-bond acceptors (Lipinski definition) is 7. The molecule has 10 heteroatoms. The van der Waals surface area contributed by atoms with Gasteiger partial charge < -0.3 is 21.1 Å². The maximum absolute atomic E-state index is 13.1. The molecule has 33 heavy (non-hydrogen) atoms. The Hall–Kier alpha value is -3.27. The van der Waals surface area contributed by atoms with Crippen molar-refractivity contribution in [1.29, 1.82) is 0 Å². The molecule has 1 fully saturated rings. The second-order valence-corrected chi connectivity index (χ2v) is 11.1. The molecule has 2 aromatic heterocycles. The number of aromatic nitrogens is 2. The molecule has 1 amide bonds. The van der Waals surface area contributed by atoms with Crippen LogP contribution in [0.2, 0.25) is 0 Å². The average molecular weight is 472 g/mol. The minimum atomic E-state index is -3.79. The van der Waals surface area contributed by atoms with Crippen LogP contribution < -0.4 is 16.4 Å². The van der Waals surface area contributed by atoms with E-state index in [9.17, 15) is 13.2 Å². The lowest BCUT2D eigenvalue weighted by atomic mass is 10.2. The quantitative estimate of drug-likeness (QED) is 0.517. The number of alkyl carbamates (subject to hydrolysis) is 1. The monoisotopic (exact) mass is 471 g/mol. The molecule has 0 bridgehead atoms. The first-order valence-corrected chi connectivity index (χ1v) is 12.3. The van der Waals surface area contributed by atoms with E-state index in [-0.39, 0.29) is 17.0 Å². The molecule has 4 N–H and O–H groups in total. The molecule has 9 nitrogen and oxygen atoms in total. The summed E-state index contributed by atoms with van der Waals surface area (Å²) in [5.41, 5.74) is 7.03. The van der Waals surface area contributed by atoms with Crippen LogP contribution in [0.3, 0.4) is 0 Å². The third kappa shape index (κ3) is 4.90. The van der Waals surface area contributed by atoms with E-state index in [1.54, 1.807) is 36.4 Å². The fraction of sp³-hybridized carbons (Fsp3) is 0.391. The molecular formula is C23H29N5O4S. The Morgan fingerprint density at radius 1 is 1.15 bits per heavy atom. The Balaban J connectivity index is 1.54. The van der Waals surface area contributed by atoms with E-state index in [1.807, 2.05) is 20.8 Å². The summed E-state index contributed by atoms with van der Waals surface area (Å²) >= 11 is 0. The lowest BCUT2D eigenvalue weighted by Crippen LogP contribution is -2.38. The zero-order chi connectivity index (χ0) is 23.8. The van der Waals surface area contributed by atoms with Crippen LogP contribution in [0.25, 0.3) is 11.0 Å². The fourth-order valence-electron chi connectivity index (χ4n) is 4.06. The van der Waals surface area contributed by atoms with E-state index in [0.717, 1.165) is 12.8 Å². The van der Waals surface area contributed by atoms with E-state index >= 15 is 0 Å². The number of carbonyl (C=O) groups is 1. The summed E-state index contributed by atoms with van der Waals surface area (Å²) in [7, 11) is -3.79. The van der Waals surface area contributed by atoms with Gasteiger partial charge in [-0.25, -0.2) is 22.2 Å². The molecule has 1 aromatic carbocycles. The zero-order valence-electron chi connectivity index (χ0n) is 18.9. The van der Waals surface area contributed by atoms with Crippen molar-refractivity contribution < 1.29 is 17.9 Å². The van der Waals surface area contributed by atoms with Crippen LogP contribution in [0.5, 0.6) is 0 Å². The van der Waals surface area contributed by atoms with Gasteiger partial charge in [-0.1, -0.05) is 18.2 Å². The average Bonchev–Trinajstić information content (AvgIpc) is 3.36. The highest BCUT2D eigenvalue weighted by molar-refractivity contribution is 7.90. The van der Waals surface area contributed by atoms with E-state index < -0.39 is 21.7 Å². The van der Waals surface area contributed by atoms with Crippen molar-refractivity contribution in [2.24, 2.45) is 0 Å². The zero-order valence-corrected chi connectivity index (χ0v) is 19.7. The van der Waals surface area contributed by atoms with Crippen LogP contribution in [-0.4, -0.2) is 41.2 Å². The Morgan fingerprint density at radius 2 is 1.85 bits per heavy atom. The van der Waals surface area contributed by atoms with Gasteiger partial charge in [0.2, 0.25) is 0 Å². The highest BCUT2D eigenvalue weighted by Crippen LogP contribution is 2.33. The van der Waals surface area contributed by atoms with Gasteiger partial charge in [-0.15, -0.1) is 0 Å². The number of amides is 1. The summed E-state index contributed by atoms with van der Waals surface area (Å²) in [5, 5.41) is 6.98. The van der Waals surface area contributed by atoms with Gasteiger partial charge >= 0.3 is 6.09 Å². The molecule has 3 aromatic rings. The maximum Gasteiger partial charge on any atom is 0.407 e. The van der Waals surface area contributed by atoms with Crippen LogP contribution in [-0.2, 0) is 14.8 Å². The van der Waals surface area contributed by atoms with Gasteiger partial charge in [0, 0.05) is 23.7 Å². The minimum Gasteiger partial charge on any atom is -0.444 e. The molecule has 1 aliphatic rings. The van der Waals surface area contributed by atoms with Crippen molar-refractivity contribution in [3.63, 3.8) is 0 Å². The molecular weight excluding hydrogens is 442 g/mol. The first kappa shape index (κ1) is 22.9. The summed E-state index contributed by atoms with van der Waals surface area (Å²) in [5.74, 6) is 0. The van der Waals surface area contributed by atoms with Crippen molar-refractivity contribution >= 4 is 38.5 Å². The van der Waals surface area contributed by atoms with Crippen LogP contribution >= 0.6 is 0 Å². The fourth-order valence-corrected chi connectivity index (χ4v) is 5.38. The minimum absolute atomic E-state index is 0.0149. The van der Waals surface area contributed by atoms with Gasteiger partial charge in [0.15, 0.2) is 5.65 Å². The summed E-state index contributed by atoms with van der Waals surface area (Å²) in [6.45, 7) is 5.48. The van der Waals surface area contributed by atoms with Crippen LogP contribution in [0.1, 0.15) is 40.0 Å². The van der Waals surface area contributed by atoms with Gasteiger partial charge in [0.25, 0.3) is 10.0 Å². The van der Waals surface area contributed by atoms with Gasteiger partial charge in [0.05, 0.1) is 22.5 Å². The highest BCUT2D eigenvalue weighted by Gasteiger charge is 2.29. The Kier molecular flexibility index (Phi) is 5.96. The Bertz CT molecular complexity index is 1270. The van der Waals surface area contributed by atoms with E-state index in [2.05, 4.69) is 15.6 Å². The van der Waals surface area contributed by atoms with Crippen LogP contribution in [0.4, 0.5) is 16.2 Å². The second-order valence-electron chi connectivity index (χ2n) is 9.25. The molecule has 0 unspecified atom stereocenters. The number of anilines is 2. The molecule has 176 valence electrons. The topological polar surface area (TPSA) is 128 Å². The summed E-state index contributed by atoms with van der Waals surface area (Å²) in [4.78, 5) is 16.6. The third-order valence-electron chi connectivity index (χ3n) is 5.51. The van der Waals surface area contributed by atoms with Crippen LogP contribution in [0.15, 0.2) is 53.7 Å². The predicted octanol–water partition coefficient (Wildman–Crippen LogP) is 3.71. The molecule has 1 saturated carbocycles. The number of rotatable bonds is 5. The number of nitrogens with one attached hydrogen (secondary N) is 2. The van der Waals surface area contributed by atoms with Crippen molar-refractivity contribution in [2.45, 2.75) is 62.6 Å². The third-order valence-corrected chi connectivity index (χ3v) is 7.19. The molecule has 2 heterocycles. The van der Waals surface area contributed by atoms with Crippen molar-refractivity contribution in [3.8, 4) is 0 Å². The van der Waals surface area contributed by atoms with Gasteiger partial charge in [0.1, 0.15) is 5.60 Å². The van der Waals surface area contributed by atoms with E-state index in [4.69, 9.17) is 10.5 Å². The normalized spacial score (nSPS) is 18.9. The van der Waals surface area contributed by atoms with E-state index in [0.29, 0.717) is 28.8 Å². The van der Waals surface area contributed by atoms with Crippen LogP contribution in [0, 0.1) is 0 Å². The second kappa shape index (κ2) is 8.58. The maximum atomic E-state index is 13.1. The first-order chi connectivity index (χ1) is 15.5. The molecule has 0 aliphatic heterocycles. The SMILES string of the molecule is CC(C)(C)OC(=O)N[C@H]1CC[C@H](Nc2c(N)cnc3c2ccn3S(=O)(=O)c2ccccc2)C1. The van der Waals surface area contributed by atoms with Gasteiger partial charge in [-0.3, -0.25) is 0 Å². The molecule has 0 saturated heterocycles. The number of fused-ring (bicyclic) bond motifs is 1. The number of ether oxygens (including phenoxy) is 1. The molecule has 0 spiro atoms. The number of hydrogen-bond donors (Lipinski definition) is 3. The number of carbonyl (C=O) groups excluding carboxylic acids is 1. The molecule has 1 aliphatic carbocycles. The molecule has 4 rings (SSSR count). The van der Waals surface area contributed by atoms with Crippen molar-refractivity contribution in [2.75, 3.05) is 11.1 Å². The predicted molar refractivity (Wildman–Crippen MR) is 128 cm³/mol. The number of pyridine rings is 1. The standard InChI is InChI=1S/C23H29N5O4S/c1-23(2,3)32-22(29)27-16-10-9-15(13-16)26-20-18-11-12-28(21(18)25-14-19(20)24)33(30,31)17-7-5-4-6-8-17/h4-8,11-12,14-16H,9-10,13,24H2,1-3H3,(H,25,26)(H,27,29)/t15-,16-/m0/s1. The largest absolute Gasteiger partial charge is 0.444 e. The highest BCUT2D eigenvalue weighted by atomic mass is 32.2. The Morgan fingerprint density at radius 3 is 2.55 bits per heavy atom. The number of nitrogen functional groups attached to an aromatic ring is 1. The summed E-state index contributed by atoms with van der Waals surface area (Å²) < 4.78 is 32.7. The lowest BCUT2D eigenvalue weighted by Gasteiger charge is -2.22. The van der Waals surface area contributed by atoms with Gasteiger partial charge in [-0.2, -0.15) is 0 Å². The van der Waals surface area contributed by atoms with Gasteiger partial charge in [-0.05, 0) is 58.2 Å². The van der Waals surface area contributed by atoms with E-state index in [1.165, 1.54) is 16.4 Å².